The number of aliphatic imine (C=N–C) groups is 1. The van der Waals surface area contributed by atoms with Gasteiger partial charge >= 0.3 is 0 Å². The number of nitriles is 1. The zero-order chi connectivity index (χ0) is 28.2. The van der Waals surface area contributed by atoms with Crippen molar-refractivity contribution in [1.82, 2.24) is 0 Å². The minimum Gasteiger partial charge on any atom is -0.497 e. The van der Waals surface area contributed by atoms with E-state index < -0.39 is 0 Å². The molecule has 0 aliphatic heterocycles. The normalized spacial score (nSPS) is 9.53. The van der Waals surface area contributed by atoms with E-state index in [1.165, 1.54) is 0 Å². The molecule has 38 heavy (non-hydrogen) atoms. The Morgan fingerprint density at radius 1 is 0.737 bits per heavy atom. The first kappa shape index (κ1) is 31.8. The monoisotopic (exact) mass is 524 g/mol. The molecule has 0 aromatic heterocycles. The van der Waals surface area contributed by atoms with Crippen molar-refractivity contribution in [1.29, 1.82) is 5.26 Å². The smallest absolute Gasteiger partial charge is 0.251 e. The van der Waals surface area contributed by atoms with Gasteiger partial charge in [-0.15, -0.1) is 17.4 Å². The molecule has 0 radical (unpaired) electrons. The number of para-hydroxylation sites is 2. The summed E-state index contributed by atoms with van der Waals surface area (Å²) in [7, 11) is 3.21. The molecule has 0 fully saturated rings. The van der Waals surface area contributed by atoms with Crippen LogP contribution in [0.3, 0.4) is 0 Å². The van der Waals surface area contributed by atoms with E-state index in [-0.39, 0.29) is 14.1 Å². The van der Waals surface area contributed by atoms with Gasteiger partial charge in [-0.1, -0.05) is 54.6 Å². The number of benzene rings is 4. The van der Waals surface area contributed by atoms with Crippen molar-refractivity contribution in [2.75, 3.05) is 20.0 Å². The Morgan fingerprint density at radius 2 is 1.24 bits per heavy atom. The maximum Gasteiger partial charge on any atom is 0.251 e. The van der Waals surface area contributed by atoms with Gasteiger partial charge in [0.05, 0.1) is 31.5 Å². The second-order valence-corrected chi connectivity index (χ2v) is 12.0. The third-order valence-electron chi connectivity index (χ3n) is 4.37. The average Bonchev–Trinajstić information content (AvgIpc) is 2.94. The molecule has 4 rings (SSSR count). The molecule has 0 heterocycles. The third-order valence-corrected chi connectivity index (χ3v) is 4.37. The summed E-state index contributed by atoms with van der Waals surface area (Å²) < 4.78 is 10.1. The van der Waals surface area contributed by atoms with Crippen LogP contribution >= 0.6 is 0 Å². The molecule has 0 bridgehead atoms. The fourth-order valence-electron chi connectivity index (χ4n) is 2.63. The number of nitrogens with two attached hydrogens (primary N) is 2. The van der Waals surface area contributed by atoms with Crippen LogP contribution in [0.5, 0.6) is 11.5 Å². The highest BCUT2D eigenvalue weighted by atomic mass is 27.2. The number of ether oxygens (including phenoxy) is 2. The zero-order valence-electron chi connectivity index (χ0n) is 22.8. The standard InChI is InChI=1S/C14H14N2O.C8H7NO.C6H7N.3CH3.Al/c1-17-13-9-5-6-11(10-13)14(15)16-12-7-3-2-4-8-12;1-10-8-4-2-3-7(5-8)6-9;7-6-4-2-1-3-5-6;;;;/h2-10H,1H3,(H2,15,16);2-5H,1H3;1-5H,7H2;3*1H3;. The highest BCUT2D eigenvalue weighted by molar-refractivity contribution is 6.54. The second-order valence-electron chi connectivity index (χ2n) is 8.55. The summed E-state index contributed by atoms with van der Waals surface area (Å²) in [5.74, 6) is 8.89. The average molecular weight is 525 g/mol. The summed E-state index contributed by atoms with van der Waals surface area (Å²) in [6.45, 7) is 0. The number of rotatable bonds is 4. The maximum absolute atomic E-state index is 8.45. The van der Waals surface area contributed by atoms with Crippen LogP contribution in [0.25, 0.3) is 0 Å². The number of methoxy groups -OCH3 is 2. The molecule has 0 aliphatic carbocycles. The summed E-state index contributed by atoms with van der Waals surface area (Å²) in [4.78, 5) is 4.34. The van der Waals surface area contributed by atoms with Crippen LogP contribution in [0, 0.1) is 11.3 Å². The predicted molar refractivity (Wildman–Crippen MR) is 162 cm³/mol. The largest absolute Gasteiger partial charge is 0.497 e. The Labute approximate surface area is 231 Å². The topological polar surface area (TPSA) is 107 Å². The first-order valence-electron chi connectivity index (χ1n) is 12.2. The van der Waals surface area contributed by atoms with Gasteiger partial charge in [0, 0.05) is 11.3 Å². The van der Waals surface area contributed by atoms with Gasteiger partial charge in [0.15, 0.2) is 0 Å². The van der Waals surface area contributed by atoms with Gasteiger partial charge in [0.25, 0.3) is 14.1 Å². The van der Waals surface area contributed by atoms with Gasteiger partial charge in [-0.2, -0.15) is 5.26 Å². The minimum atomic E-state index is -0.139. The number of hydrogen-bond acceptors (Lipinski definition) is 5. The summed E-state index contributed by atoms with van der Waals surface area (Å²) in [6.07, 6.45) is 0. The van der Waals surface area contributed by atoms with E-state index in [0.29, 0.717) is 11.4 Å². The Kier molecular flexibility index (Phi) is 15.9. The van der Waals surface area contributed by atoms with Crippen LogP contribution in [0.1, 0.15) is 11.1 Å². The Morgan fingerprint density at radius 3 is 1.71 bits per heavy atom. The van der Waals surface area contributed by atoms with Gasteiger partial charge in [-0.3, -0.25) is 0 Å². The number of anilines is 1. The molecule has 4 N–H and O–H groups in total. The number of hydrogen-bond donors (Lipinski definition) is 2. The van der Waals surface area contributed by atoms with E-state index in [9.17, 15) is 0 Å². The Hall–Kier alpha value is -4.23. The maximum atomic E-state index is 8.45. The lowest BCUT2D eigenvalue weighted by Gasteiger charge is -2.04. The van der Waals surface area contributed by atoms with Crippen molar-refractivity contribution in [3.63, 3.8) is 0 Å². The molecule has 196 valence electrons. The van der Waals surface area contributed by atoms with Crippen molar-refractivity contribution in [3.8, 4) is 17.6 Å². The van der Waals surface area contributed by atoms with E-state index in [4.69, 9.17) is 26.2 Å². The fourth-order valence-corrected chi connectivity index (χ4v) is 2.63. The summed E-state index contributed by atoms with van der Waals surface area (Å²) in [5.41, 5.74) is 14.4. The van der Waals surface area contributed by atoms with Crippen molar-refractivity contribution < 1.29 is 9.47 Å². The highest BCUT2D eigenvalue weighted by Crippen LogP contribution is 2.15. The van der Waals surface area contributed by atoms with Crippen LogP contribution in [-0.2, 0) is 0 Å². The fraction of sp³-hybridized carbons (Fsp3) is 0.161. The predicted octanol–water partition coefficient (Wildman–Crippen LogP) is 6.94. The van der Waals surface area contributed by atoms with Gasteiger partial charge in [0.1, 0.15) is 17.3 Å². The van der Waals surface area contributed by atoms with E-state index in [1.807, 2.05) is 91.0 Å². The lowest BCUT2D eigenvalue weighted by Crippen LogP contribution is -2.12. The van der Waals surface area contributed by atoms with Crippen LogP contribution in [-0.4, -0.2) is 34.2 Å². The number of nitrogen functional groups attached to an aromatic ring is 1. The molecule has 0 saturated heterocycles. The van der Waals surface area contributed by atoms with Crippen molar-refractivity contribution in [2.45, 2.75) is 17.4 Å². The number of amidine groups is 1. The molecular formula is C31H37AlN4O2. The molecule has 0 amide bonds. The molecular weight excluding hydrogens is 487 g/mol. The molecule has 0 spiro atoms. The number of nitrogens with zero attached hydrogens (tertiary/aromatic N) is 2. The molecule has 0 saturated carbocycles. The molecule has 0 aliphatic rings. The Bertz CT molecular complexity index is 1250. The van der Waals surface area contributed by atoms with Gasteiger partial charge in [-0.05, 0) is 54.6 Å². The van der Waals surface area contributed by atoms with Crippen LogP contribution in [0.15, 0.2) is 114 Å². The molecule has 0 unspecified atom stereocenters. The van der Waals surface area contributed by atoms with Crippen LogP contribution < -0.4 is 20.9 Å². The summed E-state index contributed by atoms with van der Waals surface area (Å²) in [6, 6.07) is 35.7. The van der Waals surface area contributed by atoms with Crippen molar-refractivity contribution >= 4 is 31.4 Å². The third kappa shape index (κ3) is 14.4. The van der Waals surface area contributed by atoms with Crippen molar-refractivity contribution in [2.24, 2.45) is 10.7 Å². The molecule has 7 heteroatoms. The van der Waals surface area contributed by atoms with E-state index in [0.717, 1.165) is 28.4 Å². The summed E-state index contributed by atoms with van der Waals surface area (Å²) in [5, 5.41) is 8.45. The van der Waals surface area contributed by atoms with Crippen molar-refractivity contribution in [3.05, 3.63) is 120 Å². The molecule has 4 aromatic carbocycles. The zero-order valence-corrected chi connectivity index (χ0v) is 24.0. The van der Waals surface area contributed by atoms with Crippen LogP contribution in [0.2, 0.25) is 17.4 Å². The summed E-state index contributed by atoms with van der Waals surface area (Å²) >= 11 is -0.139. The second kappa shape index (κ2) is 19.0. The molecule has 0 atom stereocenters. The first-order chi connectivity index (χ1) is 18.3. The van der Waals surface area contributed by atoms with Gasteiger partial charge in [-0.25, -0.2) is 4.99 Å². The Balaban J connectivity index is 0.000000290. The SMILES string of the molecule is COc1cccc(C#N)c1.COc1cccc(C(N)=Nc2ccccc2)c1.Nc1ccccc1.[CH3][Al]([CH3])[CH3]. The minimum absolute atomic E-state index is 0.139. The lowest BCUT2D eigenvalue weighted by atomic mass is 10.2. The van der Waals surface area contributed by atoms with E-state index in [2.05, 4.69) is 22.3 Å². The van der Waals surface area contributed by atoms with E-state index in [1.54, 1.807) is 38.5 Å². The first-order valence-corrected chi connectivity index (χ1v) is 15.6. The lowest BCUT2D eigenvalue weighted by molar-refractivity contribution is 0.414. The van der Waals surface area contributed by atoms with Gasteiger partial charge < -0.3 is 20.9 Å². The highest BCUT2D eigenvalue weighted by Gasteiger charge is 2.00. The van der Waals surface area contributed by atoms with Crippen LogP contribution in [0.4, 0.5) is 11.4 Å². The quantitative estimate of drug-likeness (QED) is 0.130. The molecule has 4 aromatic rings. The molecule has 6 nitrogen and oxygen atoms in total. The van der Waals surface area contributed by atoms with E-state index >= 15 is 0 Å². The van der Waals surface area contributed by atoms with Gasteiger partial charge in [0.2, 0.25) is 0 Å².